The van der Waals surface area contributed by atoms with Crippen LogP contribution in [0.3, 0.4) is 0 Å². The highest BCUT2D eigenvalue weighted by Crippen LogP contribution is 2.14. The molecule has 4 heteroatoms. The Morgan fingerprint density at radius 2 is 1.71 bits per heavy atom. The van der Waals surface area contributed by atoms with Crippen molar-refractivity contribution in [3.63, 3.8) is 0 Å². The molecule has 0 spiro atoms. The summed E-state index contributed by atoms with van der Waals surface area (Å²) >= 11 is 0. The lowest BCUT2D eigenvalue weighted by Crippen LogP contribution is -2.33. The van der Waals surface area contributed by atoms with Crippen LogP contribution in [0, 0.1) is 0 Å². The van der Waals surface area contributed by atoms with Gasteiger partial charge >= 0.3 is 0 Å². The van der Waals surface area contributed by atoms with Crippen LogP contribution in [-0.4, -0.2) is 29.8 Å². The standard InChI is InChI=1S/C17H26N2O2/c1-4-6-11-19(12-7-5-2)17(21)15-9-8-10-16(13-15)18-14(3)20/h8-10,13H,4-7,11-12H2,1-3H3,(H,18,20). The van der Waals surface area contributed by atoms with Crippen molar-refractivity contribution in [3.05, 3.63) is 29.8 Å². The maximum Gasteiger partial charge on any atom is 0.253 e. The number of rotatable bonds is 8. The molecule has 2 amide bonds. The van der Waals surface area contributed by atoms with E-state index in [0.29, 0.717) is 11.3 Å². The lowest BCUT2D eigenvalue weighted by Gasteiger charge is -2.22. The lowest BCUT2D eigenvalue weighted by atomic mass is 10.1. The molecule has 1 N–H and O–H groups in total. The van der Waals surface area contributed by atoms with E-state index in [1.165, 1.54) is 6.92 Å². The van der Waals surface area contributed by atoms with Crippen LogP contribution in [0.5, 0.6) is 0 Å². The van der Waals surface area contributed by atoms with E-state index < -0.39 is 0 Å². The number of nitrogens with one attached hydrogen (secondary N) is 1. The number of nitrogens with zero attached hydrogens (tertiary/aromatic N) is 1. The summed E-state index contributed by atoms with van der Waals surface area (Å²) in [6, 6.07) is 7.14. The molecule has 0 aliphatic heterocycles. The Morgan fingerprint density at radius 3 is 2.24 bits per heavy atom. The normalized spacial score (nSPS) is 10.2. The summed E-state index contributed by atoms with van der Waals surface area (Å²) in [5.41, 5.74) is 1.30. The molecule has 0 saturated carbocycles. The molecule has 116 valence electrons. The Kier molecular flexibility index (Phi) is 7.51. The van der Waals surface area contributed by atoms with Gasteiger partial charge in [0.05, 0.1) is 0 Å². The van der Waals surface area contributed by atoms with Gasteiger partial charge in [0.1, 0.15) is 0 Å². The second-order valence-electron chi connectivity index (χ2n) is 5.26. The largest absolute Gasteiger partial charge is 0.339 e. The van der Waals surface area contributed by atoms with Crippen LogP contribution in [0.15, 0.2) is 24.3 Å². The predicted octanol–water partition coefficient (Wildman–Crippen LogP) is 3.69. The van der Waals surface area contributed by atoms with E-state index in [0.717, 1.165) is 38.8 Å². The molecule has 0 heterocycles. The molecule has 0 aliphatic carbocycles. The van der Waals surface area contributed by atoms with Crippen molar-refractivity contribution in [2.75, 3.05) is 18.4 Å². The first-order valence-corrected chi connectivity index (χ1v) is 7.75. The van der Waals surface area contributed by atoms with E-state index in [1.807, 2.05) is 4.90 Å². The van der Waals surface area contributed by atoms with Crippen molar-refractivity contribution < 1.29 is 9.59 Å². The van der Waals surface area contributed by atoms with Crippen LogP contribution in [0.25, 0.3) is 0 Å². The first kappa shape index (κ1) is 17.2. The van der Waals surface area contributed by atoms with Gasteiger partial charge in [-0.05, 0) is 31.0 Å². The number of amides is 2. The SMILES string of the molecule is CCCCN(CCCC)C(=O)c1cccc(NC(C)=O)c1. The number of benzene rings is 1. The molecule has 0 unspecified atom stereocenters. The number of carbonyl (C=O) groups excluding carboxylic acids is 2. The fraction of sp³-hybridized carbons (Fsp3) is 0.529. The molecule has 1 rings (SSSR count). The highest BCUT2D eigenvalue weighted by Gasteiger charge is 2.15. The predicted molar refractivity (Wildman–Crippen MR) is 86.5 cm³/mol. The number of unbranched alkanes of at least 4 members (excludes halogenated alkanes) is 2. The van der Waals surface area contributed by atoms with Crippen molar-refractivity contribution in [1.82, 2.24) is 4.90 Å². The summed E-state index contributed by atoms with van der Waals surface area (Å²) in [4.78, 5) is 25.6. The first-order chi connectivity index (χ1) is 10.1. The molecule has 1 aromatic rings. The zero-order valence-electron chi connectivity index (χ0n) is 13.3. The van der Waals surface area contributed by atoms with Crippen molar-refractivity contribution in [3.8, 4) is 0 Å². The molecule has 4 nitrogen and oxygen atoms in total. The van der Waals surface area contributed by atoms with Gasteiger partial charge in [0.2, 0.25) is 5.91 Å². The summed E-state index contributed by atoms with van der Waals surface area (Å²) in [5.74, 6) is -0.0856. The van der Waals surface area contributed by atoms with Gasteiger partial charge in [0.25, 0.3) is 5.91 Å². The van der Waals surface area contributed by atoms with Gasteiger partial charge in [-0.1, -0.05) is 32.8 Å². The molecule has 0 atom stereocenters. The number of carbonyl (C=O) groups is 2. The maximum absolute atomic E-state index is 12.6. The Labute approximate surface area is 127 Å². The molecule has 0 aliphatic rings. The van der Waals surface area contributed by atoms with E-state index in [1.54, 1.807) is 24.3 Å². The van der Waals surface area contributed by atoms with Crippen molar-refractivity contribution in [2.24, 2.45) is 0 Å². The van der Waals surface area contributed by atoms with Crippen molar-refractivity contribution in [1.29, 1.82) is 0 Å². The monoisotopic (exact) mass is 290 g/mol. The molecule has 0 radical (unpaired) electrons. The van der Waals surface area contributed by atoms with Crippen LogP contribution >= 0.6 is 0 Å². The molecule has 0 bridgehead atoms. The third-order valence-electron chi connectivity index (χ3n) is 3.28. The Hall–Kier alpha value is -1.84. The van der Waals surface area contributed by atoms with E-state index in [4.69, 9.17) is 0 Å². The summed E-state index contributed by atoms with van der Waals surface area (Å²) in [7, 11) is 0. The third kappa shape index (κ3) is 5.98. The van der Waals surface area contributed by atoms with Crippen molar-refractivity contribution >= 4 is 17.5 Å². The number of hydrogen-bond acceptors (Lipinski definition) is 2. The molecule has 1 aromatic carbocycles. The van der Waals surface area contributed by atoms with Gasteiger partial charge in [-0.15, -0.1) is 0 Å². The molecular formula is C17H26N2O2. The quantitative estimate of drug-likeness (QED) is 0.794. The fourth-order valence-electron chi connectivity index (χ4n) is 2.13. The number of hydrogen-bond donors (Lipinski definition) is 1. The van der Waals surface area contributed by atoms with E-state index >= 15 is 0 Å². The van der Waals surface area contributed by atoms with Gasteiger partial charge in [0.15, 0.2) is 0 Å². The van der Waals surface area contributed by atoms with Gasteiger partial charge < -0.3 is 10.2 Å². The van der Waals surface area contributed by atoms with Gasteiger partial charge in [-0.25, -0.2) is 0 Å². The van der Waals surface area contributed by atoms with Crippen LogP contribution < -0.4 is 5.32 Å². The fourth-order valence-corrected chi connectivity index (χ4v) is 2.13. The summed E-state index contributed by atoms with van der Waals surface area (Å²) in [6.45, 7) is 7.29. The second kappa shape index (κ2) is 9.16. The molecule has 0 fully saturated rings. The first-order valence-electron chi connectivity index (χ1n) is 7.75. The minimum Gasteiger partial charge on any atom is -0.339 e. The Morgan fingerprint density at radius 1 is 1.10 bits per heavy atom. The van der Waals surface area contributed by atoms with Crippen LogP contribution in [-0.2, 0) is 4.79 Å². The molecule has 0 aromatic heterocycles. The van der Waals surface area contributed by atoms with Gasteiger partial charge in [0, 0.05) is 31.3 Å². The zero-order chi connectivity index (χ0) is 15.7. The summed E-state index contributed by atoms with van der Waals surface area (Å²) in [6.07, 6.45) is 4.17. The highest BCUT2D eigenvalue weighted by molar-refractivity contribution is 5.96. The summed E-state index contributed by atoms with van der Waals surface area (Å²) < 4.78 is 0. The Balaban J connectivity index is 2.83. The second-order valence-corrected chi connectivity index (χ2v) is 5.26. The molecule has 21 heavy (non-hydrogen) atoms. The van der Waals surface area contributed by atoms with E-state index in [2.05, 4.69) is 19.2 Å². The average Bonchev–Trinajstić information content (AvgIpc) is 2.46. The highest BCUT2D eigenvalue weighted by atomic mass is 16.2. The molecule has 0 saturated heterocycles. The maximum atomic E-state index is 12.6. The van der Waals surface area contributed by atoms with Crippen molar-refractivity contribution in [2.45, 2.75) is 46.5 Å². The average molecular weight is 290 g/mol. The van der Waals surface area contributed by atoms with E-state index in [-0.39, 0.29) is 11.8 Å². The van der Waals surface area contributed by atoms with Crippen LogP contribution in [0.1, 0.15) is 56.8 Å². The third-order valence-corrected chi connectivity index (χ3v) is 3.28. The smallest absolute Gasteiger partial charge is 0.253 e. The van der Waals surface area contributed by atoms with Gasteiger partial charge in [-0.3, -0.25) is 9.59 Å². The van der Waals surface area contributed by atoms with E-state index in [9.17, 15) is 9.59 Å². The summed E-state index contributed by atoms with van der Waals surface area (Å²) in [5, 5.41) is 2.72. The molecular weight excluding hydrogens is 264 g/mol. The minimum atomic E-state index is -0.131. The van der Waals surface area contributed by atoms with Gasteiger partial charge in [-0.2, -0.15) is 0 Å². The zero-order valence-corrected chi connectivity index (χ0v) is 13.3. The topological polar surface area (TPSA) is 49.4 Å². The lowest BCUT2D eigenvalue weighted by molar-refractivity contribution is -0.114. The minimum absolute atomic E-state index is 0.0455. The number of anilines is 1. The van der Waals surface area contributed by atoms with Crippen LogP contribution in [0.2, 0.25) is 0 Å². The van der Waals surface area contributed by atoms with Crippen LogP contribution in [0.4, 0.5) is 5.69 Å². The Bertz CT molecular complexity index is 464.